The molecule has 0 saturated heterocycles. The Labute approximate surface area is 127 Å². The molecule has 1 aliphatic rings. The monoisotopic (exact) mass is 280 g/mol. The first-order chi connectivity index (χ1) is 10.2. The minimum Gasteiger partial charge on any atom is -0.385 e. The van der Waals surface area contributed by atoms with Gasteiger partial charge in [0, 0.05) is 6.42 Å². The standard InChI is InChI=1S/C20H24O/c1-2-20(21,15-16-7-4-3-5-8-16)19-13-11-18(12-14-19)17-9-6-10-17/h3-5,7-8,11-14,17,21H,2,6,9-10,15H2,1H3. The lowest BCUT2D eigenvalue weighted by Crippen LogP contribution is -2.27. The lowest BCUT2D eigenvalue weighted by molar-refractivity contribution is 0.0327. The molecule has 0 spiro atoms. The van der Waals surface area contributed by atoms with Gasteiger partial charge < -0.3 is 5.11 Å². The van der Waals surface area contributed by atoms with E-state index in [1.54, 1.807) is 0 Å². The van der Waals surface area contributed by atoms with E-state index in [2.05, 4.69) is 43.3 Å². The Kier molecular flexibility index (Phi) is 4.12. The summed E-state index contributed by atoms with van der Waals surface area (Å²) in [7, 11) is 0. The van der Waals surface area contributed by atoms with E-state index in [0.717, 1.165) is 17.9 Å². The molecule has 2 aromatic carbocycles. The van der Waals surface area contributed by atoms with Gasteiger partial charge >= 0.3 is 0 Å². The van der Waals surface area contributed by atoms with E-state index >= 15 is 0 Å². The van der Waals surface area contributed by atoms with E-state index < -0.39 is 5.60 Å². The molecule has 3 rings (SSSR count). The highest BCUT2D eigenvalue weighted by atomic mass is 16.3. The van der Waals surface area contributed by atoms with Gasteiger partial charge in [-0.3, -0.25) is 0 Å². The molecule has 2 aromatic rings. The molecular weight excluding hydrogens is 256 g/mol. The second kappa shape index (κ2) is 6.03. The predicted molar refractivity (Wildman–Crippen MR) is 87.4 cm³/mol. The molecule has 0 amide bonds. The topological polar surface area (TPSA) is 20.2 Å². The molecule has 1 fully saturated rings. The molecule has 21 heavy (non-hydrogen) atoms. The summed E-state index contributed by atoms with van der Waals surface area (Å²) in [6.07, 6.45) is 5.40. The van der Waals surface area contributed by atoms with Crippen LogP contribution < -0.4 is 0 Å². The Hall–Kier alpha value is -1.60. The number of benzene rings is 2. The van der Waals surface area contributed by atoms with Gasteiger partial charge in [-0.25, -0.2) is 0 Å². The summed E-state index contributed by atoms with van der Waals surface area (Å²) in [5.74, 6) is 0.753. The zero-order valence-corrected chi connectivity index (χ0v) is 12.8. The minimum absolute atomic E-state index is 0.674. The molecule has 0 bridgehead atoms. The van der Waals surface area contributed by atoms with Gasteiger partial charge in [0.1, 0.15) is 0 Å². The van der Waals surface area contributed by atoms with Gasteiger partial charge in [-0.1, -0.05) is 67.9 Å². The van der Waals surface area contributed by atoms with Gasteiger partial charge in [-0.2, -0.15) is 0 Å². The first-order valence-electron chi connectivity index (χ1n) is 8.08. The molecule has 110 valence electrons. The highest BCUT2D eigenvalue weighted by Gasteiger charge is 2.28. The summed E-state index contributed by atoms with van der Waals surface area (Å²) >= 11 is 0. The third-order valence-electron chi connectivity index (χ3n) is 4.95. The van der Waals surface area contributed by atoms with E-state index in [0.29, 0.717) is 6.42 Å². The number of rotatable bonds is 5. The van der Waals surface area contributed by atoms with Gasteiger partial charge in [-0.15, -0.1) is 0 Å². The summed E-state index contributed by atoms with van der Waals surface area (Å²) < 4.78 is 0. The molecular formula is C20H24O. The lowest BCUT2D eigenvalue weighted by atomic mass is 9.78. The maximum absolute atomic E-state index is 11.0. The fraction of sp³-hybridized carbons (Fsp3) is 0.400. The van der Waals surface area contributed by atoms with E-state index in [1.807, 2.05) is 18.2 Å². The summed E-state index contributed by atoms with van der Waals surface area (Å²) in [5, 5.41) is 11.0. The summed E-state index contributed by atoms with van der Waals surface area (Å²) in [5.41, 5.74) is 2.89. The SMILES string of the molecule is CCC(O)(Cc1ccccc1)c1ccc(C2CCC2)cc1. The summed E-state index contributed by atoms with van der Waals surface area (Å²) in [4.78, 5) is 0. The van der Waals surface area contributed by atoms with Crippen molar-refractivity contribution in [3.8, 4) is 0 Å². The Bertz CT molecular complexity index is 569. The first kappa shape index (κ1) is 14.3. The Morgan fingerprint density at radius 3 is 2.19 bits per heavy atom. The normalized spacial score (nSPS) is 18.0. The second-order valence-corrected chi connectivity index (χ2v) is 6.30. The van der Waals surface area contributed by atoms with Crippen molar-refractivity contribution in [2.75, 3.05) is 0 Å². The molecule has 1 aliphatic carbocycles. The molecule has 1 unspecified atom stereocenters. The van der Waals surface area contributed by atoms with Crippen molar-refractivity contribution in [1.29, 1.82) is 0 Å². The fourth-order valence-electron chi connectivity index (χ4n) is 3.17. The zero-order chi connectivity index (χ0) is 14.7. The van der Waals surface area contributed by atoms with Crippen LogP contribution in [0.2, 0.25) is 0 Å². The molecule has 0 heterocycles. The third-order valence-corrected chi connectivity index (χ3v) is 4.95. The van der Waals surface area contributed by atoms with E-state index in [1.165, 1.54) is 30.4 Å². The van der Waals surface area contributed by atoms with Crippen LogP contribution in [0.15, 0.2) is 54.6 Å². The predicted octanol–water partition coefficient (Wildman–Crippen LogP) is 4.79. The van der Waals surface area contributed by atoms with Crippen LogP contribution in [-0.4, -0.2) is 5.11 Å². The van der Waals surface area contributed by atoms with E-state index in [4.69, 9.17) is 0 Å². The summed E-state index contributed by atoms with van der Waals surface area (Å²) in [6.45, 7) is 2.06. The molecule has 0 aliphatic heterocycles. The van der Waals surface area contributed by atoms with E-state index in [9.17, 15) is 5.11 Å². The maximum Gasteiger partial charge on any atom is 0.0934 e. The van der Waals surface area contributed by atoms with Crippen molar-refractivity contribution in [3.63, 3.8) is 0 Å². The lowest BCUT2D eigenvalue weighted by Gasteiger charge is -2.30. The highest BCUT2D eigenvalue weighted by molar-refractivity contribution is 5.32. The fourth-order valence-corrected chi connectivity index (χ4v) is 3.17. The molecule has 0 radical (unpaired) electrons. The third kappa shape index (κ3) is 3.03. The minimum atomic E-state index is -0.764. The van der Waals surface area contributed by atoms with Crippen LogP contribution in [0.5, 0.6) is 0 Å². The van der Waals surface area contributed by atoms with Crippen LogP contribution in [0.3, 0.4) is 0 Å². The number of hydrogen-bond donors (Lipinski definition) is 1. The Morgan fingerprint density at radius 1 is 1.00 bits per heavy atom. The molecule has 0 aromatic heterocycles. The first-order valence-corrected chi connectivity index (χ1v) is 8.08. The van der Waals surface area contributed by atoms with Crippen LogP contribution in [0.25, 0.3) is 0 Å². The Morgan fingerprint density at radius 2 is 1.67 bits per heavy atom. The molecule has 1 N–H and O–H groups in total. The van der Waals surface area contributed by atoms with Crippen molar-refractivity contribution < 1.29 is 5.11 Å². The van der Waals surface area contributed by atoms with Crippen LogP contribution >= 0.6 is 0 Å². The number of hydrogen-bond acceptors (Lipinski definition) is 1. The molecule has 1 saturated carbocycles. The van der Waals surface area contributed by atoms with Crippen molar-refractivity contribution in [3.05, 3.63) is 71.3 Å². The van der Waals surface area contributed by atoms with Crippen molar-refractivity contribution in [1.82, 2.24) is 0 Å². The van der Waals surface area contributed by atoms with Crippen LogP contribution in [-0.2, 0) is 12.0 Å². The van der Waals surface area contributed by atoms with Crippen molar-refractivity contribution >= 4 is 0 Å². The van der Waals surface area contributed by atoms with Crippen molar-refractivity contribution in [2.24, 2.45) is 0 Å². The van der Waals surface area contributed by atoms with Crippen LogP contribution in [0.4, 0.5) is 0 Å². The van der Waals surface area contributed by atoms with Gasteiger partial charge in [0.2, 0.25) is 0 Å². The maximum atomic E-state index is 11.0. The van der Waals surface area contributed by atoms with Gasteiger partial charge in [-0.05, 0) is 41.9 Å². The molecule has 1 heteroatoms. The second-order valence-electron chi connectivity index (χ2n) is 6.30. The smallest absolute Gasteiger partial charge is 0.0934 e. The quantitative estimate of drug-likeness (QED) is 0.834. The Balaban J connectivity index is 1.80. The molecule has 1 atom stereocenters. The van der Waals surface area contributed by atoms with Gasteiger partial charge in [0.05, 0.1) is 5.60 Å². The largest absolute Gasteiger partial charge is 0.385 e. The zero-order valence-electron chi connectivity index (χ0n) is 12.8. The highest BCUT2D eigenvalue weighted by Crippen LogP contribution is 2.37. The average Bonchev–Trinajstić information content (AvgIpc) is 2.47. The number of aliphatic hydroxyl groups is 1. The average molecular weight is 280 g/mol. The van der Waals surface area contributed by atoms with Crippen LogP contribution in [0, 0.1) is 0 Å². The molecule has 1 nitrogen and oxygen atoms in total. The van der Waals surface area contributed by atoms with Gasteiger partial charge in [0.25, 0.3) is 0 Å². The van der Waals surface area contributed by atoms with Gasteiger partial charge in [0.15, 0.2) is 0 Å². The van der Waals surface area contributed by atoms with E-state index in [-0.39, 0.29) is 0 Å². The van der Waals surface area contributed by atoms with Crippen LogP contribution in [0.1, 0.15) is 55.2 Å². The summed E-state index contributed by atoms with van der Waals surface area (Å²) in [6, 6.07) is 18.9. The van der Waals surface area contributed by atoms with Crippen molar-refractivity contribution in [2.45, 2.75) is 50.5 Å².